The number of rotatable bonds is 5. The van der Waals surface area contributed by atoms with Gasteiger partial charge in [0.05, 0.1) is 18.6 Å². The first kappa shape index (κ1) is 15.6. The Kier molecular flexibility index (Phi) is 4.22. The van der Waals surface area contributed by atoms with Crippen LogP contribution in [0.4, 0.5) is 0 Å². The van der Waals surface area contributed by atoms with Crippen molar-refractivity contribution in [1.29, 1.82) is 0 Å². The molecule has 1 unspecified atom stereocenters. The number of hydrogen-bond donors (Lipinski definition) is 0. The van der Waals surface area contributed by atoms with Crippen LogP contribution in [-0.2, 0) is 32.9 Å². The molecule has 0 N–H and O–H groups in total. The van der Waals surface area contributed by atoms with Crippen molar-refractivity contribution in [2.45, 2.75) is 51.1 Å². The molecule has 0 aromatic carbocycles. The van der Waals surface area contributed by atoms with Gasteiger partial charge in [-0.25, -0.2) is 9.67 Å². The van der Waals surface area contributed by atoms with E-state index in [1.807, 2.05) is 25.6 Å². The molecule has 2 aromatic rings. The zero-order chi connectivity index (χ0) is 16.5. The van der Waals surface area contributed by atoms with E-state index >= 15 is 0 Å². The maximum atomic E-state index is 12.3. The monoisotopic (exact) mass is 327 g/mol. The van der Waals surface area contributed by atoms with E-state index in [0.717, 1.165) is 63.0 Å². The minimum absolute atomic E-state index is 0.0640. The molecule has 6 nitrogen and oxygen atoms in total. The highest BCUT2D eigenvalue weighted by Crippen LogP contribution is 2.20. The summed E-state index contributed by atoms with van der Waals surface area (Å²) in [5.74, 6) is 0. The van der Waals surface area contributed by atoms with Crippen LogP contribution in [0.5, 0.6) is 0 Å². The highest BCUT2D eigenvalue weighted by molar-refractivity contribution is 5.22. The topological polar surface area (TPSA) is 56.0 Å². The Morgan fingerprint density at radius 3 is 3.04 bits per heavy atom. The van der Waals surface area contributed by atoms with Gasteiger partial charge >= 0.3 is 0 Å². The third kappa shape index (κ3) is 3.02. The van der Waals surface area contributed by atoms with Crippen molar-refractivity contribution in [2.24, 2.45) is 7.05 Å². The summed E-state index contributed by atoms with van der Waals surface area (Å²) in [6, 6.07) is 2.23. The lowest BCUT2D eigenvalue weighted by Crippen LogP contribution is -2.38. The molecule has 0 radical (unpaired) electrons. The zero-order valence-electron chi connectivity index (χ0n) is 14.3. The Morgan fingerprint density at radius 1 is 1.29 bits per heavy atom. The lowest BCUT2D eigenvalue weighted by molar-refractivity contribution is 0.225. The van der Waals surface area contributed by atoms with E-state index in [2.05, 4.69) is 19.5 Å². The molecule has 1 saturated heterocycles. The minimum Gasteiger partial charge on any atom is -0.338 e. The molecule has 1 aliphatic carbocycles. The Labute approximate surface area is 142 Å². The van der Waals surface area contributed by atoms with Crippen LogP contribution in [-0.4, -0.2) is 43.4 Å². The first-order valence-electron chi connectivity index (χ1n) is 9.00. The maximum absolute atomic E-state index is 12.3. The van der Waals surface area contributed by atoms with Gasteiger partial charge in [-0.05, 0) is 44.2 Å². The van der Waals surface area contributed by atoms with Crippen LogP contribution in [0.2, 0.25) is 0 Å². The molecular formula is C18H25N5O. The first-order valence-corrected chi connectivity index (χ1v) is 9.00. The number of likely N-dealkylation sites (tertiary alicyclic amines) is 1. The van der Waals surface area contributed by atoms with E-state index in [9.17, 15) is 4.79 Å². The molecule has 3 heterocycles. The average Bonchev–Trinajstić information content (AvgIpc) is 3.28. The fourth-order valence-electron chi connectivity index (χ4n) is 4.05. The third-order valence-corrected chi connectivity index (χ3v) is 5.48. The summed E-state index contributed by atoms with van der Waals surface area (Å²) >= 11 is 0. The maximum Gasteiger partial charge on any atom is 0.267 e. The molecule has 0 spiro atoms. The molecule has 128 valence electrons. The number of imidazole rings is 1. The van der Waals surface area contributed by atoms with Crippen LogP contribution < -0.4 is 5.56 Å². The molecule has 24 heavy (non-hydrogen) atoms. The first-order chi connectivity index (χ1) is 11.7. The van der Waals surface area contributed by atoms with Crippen LogP contribution >= 0.6 is 0 Å². The molecule has 6 heteroatoms. The molecule has 1 aliphatic heterocycles. The molecule has 1 atom stereocenters. The summed E-state index contributed by atoms with van der Waals surface area (Å²) in [6.07, 6.45) is 10.3. The highest BCUT2D eigenvalue weighted by atomic mass is 16.1. The summed E-state index contributed by atoms with van der Waals surface area (Å²) in [5, 5.41) is 4.64. The number of aryl methyl sites for hydroxylation is 3. The van der Waals surface area contributed by atoms with Crippen molar-refractivity contribution in [3.63, 3.8) is 0 Å². The summed E-state index contributed by atoms with van der Waals surface area (Å²) < 4.78 is 3.79. The Morgan fingerprint density at radius 2 is 2.21 bits per heavy atom. The SMILES string of the molecule is Cn1cncc1CCN1CCCC1Cn1nc2c(cc1=O)CCC2. The van der Waals surface area contributed by atoms with E-state index in [4.69, 9.17) is 0 Å². The lowest BCUT2D eigenvalue weighted by atomic mass is 10.2. The molecule has 0 saturated carbocycles. The predicted octanol–water partition coefficient (Wildman–Crippen LogP) is 1.17. The average molecular weight is 327 g/mol. The van der Waals surface area contributed by atoms with Gasteiger partial charge in [0.1, 0.15) is 0 Å². The van der Waals surface area contributed by atoms with Gasteiger partial charge in [0.15, 0.2) is 0 Å². The molecular weight excluding hydrogens is 302 g/mol. The molecule has 1 fully saturated rings. The number of hydrogen-bond acceptors (Lipinski definition) is 4. The van der Waals surface area contributed by atoms with Gasteiger partial charge in [-0.1, -0.05) is 0 Å². The fraction of sp³-hybridized carbons (Fsp3) is 0.611. The summed E-state index contributed by atoms with van der Waals surface area (Å²) in [6.45, 7) is 2.85. The molecule has 2 aromatic heterocycles. The zero-order valence-corrected chi connectivity index (χ0v) is 14.3. The van der Waals surface area contributed by atoms with Crippen molar-refractivity contribution in [2.75, 3.05) is 13.1 Å². The number of nitrogens with zero attached hydrogens (tertiary/aromatic N) is 5. The van der Waals surface area contributed by atoms with E-state index in [1.165, 1.54) is 12.1 Å². The van der Waals surface area contributed by atoms with Crippen LogP contribution in [0.1, 0.15) is 36.2 Å². The van der Waals surface area contributed by atoms with Crippen molar-refractivity contribution in [3.8, 4) is 0 Å². The molecule has 2 aliphatic rings. The van der Waals surface area contributed by atoms with E-state index < -0.39 is 0 Å². The Hall–Kier alpha value is -1.95. The Bertz CT molecular complexity index is 778. The standard InChI is InChI=1S/C18H25N5O/c1-21-13-19-11-15(21)7-9-22-8-3-5-16(22)12-23-18(24)10-14-4-2-6-17(14)20-23/h10-11,13,16H,2-9,12H2,1H3. The van der Waals surface area contributed by atoms with Crippen LogP contribution in [0, 0.1) is 0 Å². The summed E-state index contributed by atoms with van der Waals surface area (Å²) in [7, 11) is 2.04. The second-order valence-corrected chi connectivity index (χ2v) is 7.07. The van der Waals surface area contributed by atoms with Gasteiger partial charge in [-0.15, -0.1) is 0 Å². The Balaban J connectivity index is 1.44. The van der Waals surface area contributed by atoms with Gasteiger partial charge in [-0.2, -0.15) is 5.10 Å². The molecule has 0 bridgehead atoms. The van der Waals surface area contributed by atoms with Crippen LogP contribution in [0.15, 0.2) is 23.4 Å². The van der Waals surface area contributed by atoms with Crippen LogP contribution in [0.25, 0.3) is 0 Å². The van der Waals surface area contributed by atoms with Gasteiger partial charge in [0.2, 0.25) is 0 Å². The normalized spacial score (nSPS) is 20.6. The van der Waals surface area contributed by atoms with E-state index in [-0.39, 0.29) is 5.56 Å². The minimum atomic E-state index is 0.0640. The van der Waals surface area contributed by atoms with Crippen molar-refractivity contribution in [1.82, 2.24) is 24.2 Å². The van der Waals surface area contributed by atoms with Crippen molar-refractivity contribution < 1.29 is 0 Å². The fourth-order valence-corrected chi connectivity index (χ4v) is 4.05. The molecule has 0 amide bonds. The second-order valence-electron chi connectivity index (χ2n) is 7.07. The predicted molar refractivity (Wildman–Crippen MR) is 92.0 cm³/mol. The van der Waals surface area contributed by atoms with Gasteiger partial charge in [0, 0.05) is 44.0 Å². The van der Waals surface area contributed by atoms with Gasteiger partial charge in [0.25, 0.3) is 5.56 Å². The van der Waals surface area contributed by atoms with Crippen molar-refractivity contribution in [3.05, 3.63) is 45.9 Å². The van der Waals surface area contributed by atoms with Gasteiger partial charge < -0.3 is 4.57 Å². The van der Waals surface area contributed by atoms with E-state index in [1.54, 1.807) is 4.68 Å². The lowest BCUT2D eigenvalue weighted by Gasteiger charge is -2.24. The van der Waals surface area contributed by atoms with Crippen molar-refractivity contribution >= 4 is 0 Å². The number of fused-ring (bicyclic) bond motifs is 1. The van der Waals surface area contributed by atoms with E-state index in [0.29, 0.717) is 6.04 Å². The summed E-state index contributed by atoms with van der Waals surface area (Å²) in [5.41, 5.74) is 3.62. The quantitative estimate of drug-likeness (QED) is 0.827. The number of aromatic nitrogens is 4. The third-order valence-electron chi connectivity index (χ3n) is 5.48. The smallest absolute Gasteiger partial charge is 0.267 e. The van der Waals surface area contributed by atoms with Gasteiger partial charge in [-0.3, -0.25) is 9.69 Å². The second kappa shape index (κ2) is 6.51. The largest absolute Gasteiger partial charge is 0.338 e. The van der Waals surface area contributed by atoms with Crippen LogP contribution in [0.3, 0.4) is 0 Å². The highest BCUT2D eigenvalue weighted by Gasteiger charge is 2.26. The summed E-state index contributed by atoms with van der Waals surface area (Å²) in [4.78, 5) is 19.0. The molecule has 4 rings (SSSR count).